The standard InChI is InChI=1S/C14H24N2S/c1-3-11-6-4-5-7-13(11)14(15)8-12-9-17-10(2)16-12/h9,11,13-14H,3-8,15H2,1-2H3. The van der Waals surface area contributed by atoms with Crippen molar-refractivity contribution in [3.05, 3.63) is 16.1 Å². The van der Waals surface area contributed by atoms with Gasteiger partial charge in [-0.15, -0.1) is 11.3 Å². The zero-order valence-corrected chi connectivity index (χ0v) is 11.8. The quantitative estimate of drug-likeness (QED) is 0.890. The van der Waals surface area contributed by atoms with E-state index in [1.54, 1.807) is 11.3 Å². The van der Waals surface area contributed by atoms with Gasteiger partial charge in [0, 0.05) is 17.8 Å². The molecule has 1 heterocycles. The van der Waals surface area contributed by atoms with Crippen LogP contribution in [0, 0.1) is 18.8 Å². The van der Waals surface area contributed by atoms with Crippen molar-refractivity contribution >= 4 is 11.3 Å². The van der Waals surface area contributed by atoms with Crippen molar-refractivity contribution in [1.29, 1.82) is 0 Å². The van der Waals surface area contributed by atoms with E-state index in [0.29, 0.717) is 6.04 Å². The summed E-state index contributed by atoms with van der Waals surface area (Å²) in [6.07, 6.45) is 7.72. The summed E-state index contributed by atoms with van der Waals surface area (Å²) in [6, 6.07) is 0.307. The Kier molecular flexibility index (Phi) is 4.57. The molecule has 3 unspecified atom stereocenters. The molecule has 2 N–H and O–H groups in total. The van der Waals surface area contributed by atoms with Crippen LogP contribution in [0.3, 0.4) is 0 Å². The Morgan fingerprint density at radius 2 is 2.24 bits per heavy atom. The van der Waals surface area contributed by atoms with Gasteiger partial charge in [0.25, 0.3) is 0 Å². The number of hydrogen-bond acceptors (Lipinski definition) is 3. The Morgan fingerprint density at radius 1 is 1.47 bits per heavy atom. The van der Waals surface area contributed by atoms with E-state index in [-0.39, 0.29) is 0 Å². The summed E-state index contributed by atoms with van der Waals surface area (Å²) in [7, 11) is 0. The highest BCUT2D eigenvalue weighted by molar-refractivity contribution is 7.09. The maximum Gasteiger partial charge on any atom is 0.0897 e. The molecule has 96 valence electrons. The van der Waals surface area contributed by atoms with Gasteiger partial charge in [-0.2, -0.15) is 0 Å². The molecule has 0 amide bonds. The number of hydrogen-bond donors (Lipinski definition) is 1. The molecule has 0 saturated heterocycles. The van der Waals surface area contributed by atoms with Crippen LogP contribution in [0.2, 0.25) is 0 Å². The van der Waals surface area contributed by atoms with Crippen molar-refractivity contribution in [2.24, 2.45) is 17.6 Å². The van der Waals surface area contributed by atoms with Gasteiger partial charge in [0.15, 0.2) is 0 Å². The Hall–Kier alpha value is -0.410. The van der Waals surface area contributed by atoms with Gasteiger partial charge in [0.05, 0.1) is 10.7 Å². The molecule has 3 atom stereocenters. The van der Waals surface area contributed by atoms with Crippen LogP contribution in [0.5, 0.6) is 0 Å². The first-order chi connectivity index (χ1) is 8.20. The third-order valence-corrected chi connectivity index (χ3v) is 4.98. The third-order valence-electron chi connectivity index (χ3n) is 4.15. The molecule has 1 aromatic heterocycles. The fraction of sp³-hybridized carbons (Fsp3) is 0.786. The summed E-state index contributed by atoms with van der Waals surface area (Å²) in [4.78, 5) is 4.53. The minimum absolute atomic E-state index is 0.307. The van der Waals surface area contributed by atoms with E-state index in [4.69, 9.17) is 5.73 Å². The van der Waals surface area contributed by atoms with E-state index >= 15 is 0 Å². The van der Waals surface area contributed by atoms with Gasteiger partial charge in [-0.1, -0.05) is 32.6 Å². The van der Waals surface area contributed by atoms with Gasteiger partial charge in [0.1, 0.15) is 0 Å². The predicted molar refractivity (Wildman–Crippen MR) is 74.3 cm³/mol. The zero-order valence-electron chi connectivity index (χ0n) is 11.0. The van der Waals surface area contributed by atoms with Crippen LogP contribution >= 0.6 is 11.3 Å². The molecule has 3 heteroatoms. The largest absolute Gasteiger partial charge is 0.327 e. The van der Waals surface area contributed by atoms with Crippen molar-refractivity contribution in [2.45, 2.75) is 58.4 Å². The first-order valence-electron chi connectivity index (χ1n) is 6.87. The summed E-state index contributed by atoms with van der Waals surface area (Å²) < 4.78 is 0. The first-order valence-corrected chi connectivity index (χ1v) is 7.75. The molecule has 1 aliphatic carbocycles. The molecule has 1 saturated carbocycles. The van der Waals surface area contributed by atoms with E-state index in [9.17, 15) is 0 Å². The maximum atomic E-state index is 6.42. The SMILES string of the molecule is CCC1CCCCC1C(N)Cc1csc(C)n1. The average Bonchev–Trinajstić information content (AvgIpc) is 2.74. The molecule has 0 spiro atoms. The van der Waals surface area contributed by atoms with E-state index in [2.05, 4.69) is 24.2 Å². The average molecular weight is 252 g/mol. The van der Waals surface area contributed by atoms with Gasteiger partial charge in [-0.05, 0) is 25.2 Å². The fourth-order valence-electron chi connectivity index (χ4n) is 3.20. The van der Waals surface area contributed by atoms with E-state index < -0.39 is 0 Å². The number of aromatic nitrogens is 1. The summed E-state index contributed by atoms with van der Waals surface area (Å²) in [6.45, 7) is 4.37. The molecule has 0 radical (unpaired) electrons. The molecule has 2 rings (SSSR count). The molecular formula is C14H24N2S. The lowest BCUT2D eigenvalue weighted by Gasteiger charge is -2.34. The van der Waals surface area contributed by atoms with Gasteiger partial charge in [0.2, 0.25) is 0 Å². The topological polar surface area (TPSA) is 38.9 Å². The van der Waals surface area contributed by atoms with Gasteiger partial charge in [-0.25, -0.2) is 4.98 Å². The van der Waals surface area contributed by atoms with Crippen LogP contribution in [0.25, 0.3) is 0 Å². The highest BCUT2D eigenvalue weighted by atomic mass is 32.1. The van der Waals surface area contributed by atoms with Crippen LogP contribution < -0.4 is 5.73 Å². The number of aryl methyl sites for hydroxylation is 1. The molecular weight excluding hydrogens is 228 g/mol. The Labute approximate surface area is 109 Å². The second-order valence-corrected chi connectivity index (χ2v) is 6.40. The van der Waals surface area contributed by atoms with Crippen molar-refractivity contribution in [2.75, 3.05) is 0 Å². The molecule has 1 aromatic rings. The molecule has 17 heavy (non-hydrogen) atoms. The van der Waals surface area contributed by atoms with Crippen LogP contribution in [0.15, 0.2) is 5.38 Å². The van der Waals surface area contributed by atoms with Crippen molar-refractivity contribution in [1.82, 2.24) is 4.98 Å². The van der Waals surface area contributed by atoms with Crippen LogP contribution in [0.4, 0.5) is 0 Å². The van der Waals surface area contributed by atoms with Crippen LogP contribution in [0.1, 0.15) is 49.7 Å². The number of nitrogens with two attached hydrogens (primary N) is 1. The van der Waals surface area contributed by atoms with E-state index in [0.717, 1.165) is 23.3 Å². The highest BCUT2D eigenvalue weighted by Gasteiger charge is 2.28. The monoisotopic (exact) mass is 252 g/mol. The zero-order chi connectivity index (χ0) is 12.3. The third kappa shape index (κ3) is 3.29. The maximum absolute atomic E-state index is 6.42. The lowest BCUT2D eigenvalue weighted by molar-refractivity contribution is 0.194. The molecule has 0 bridgehead atoms. The smallest absolute Gasteiger partial charge is 0.0897 e. The van der Waals surface area contributed by atoms with Gasteiger partial charge >= 0.3 is 0 Å². The van der Waals surface area contributed by atoms with Crippen molar-refractivity contribution in [3.63, 3.8) is 0 Å². The molecule has 2 nitrogen and oxygen atoms in total. The second kappa shape index (κ2) is 5.96. The Bertz CT molecular complexity index is 348. The summed E-state index contributed by atoms with van der Waals surface area (Å²) in [5, 5.41) is 3.32. The van der Waals surface area contributed by atoms with Crippen molar-refractivity contribution in [3.8, 4) is 0 Å². The van der Waals surface area contributed by atoms with Gasteiger partial charge in [-0.3, -0.25) is 0 Å². The second-order valence-electron chi connectivity index (χ2n) is 5.34. The number of thiazole rings is 1. The minimum Gasteiger partial charge on any atom is -0.327 e. The predicted octanol–water partition coefficient (Wildman–Crippen LogP) is 3.54. The normalized spacial score (nSPS) is 27.0. The van der Waals surface area contributed by atoms with E-state index in [1.165, 1.54) is 37.8 Å². The first kappa shape index (κ1) is 13.0. The molecule has 0 aliphatic heterocycles. The highest BCUT2D eigenvalue weighted by Crippen LogP contribution is 2.34. The lowest BCUT2D eigenvalue weighted by atomic mass is 9.73. The molecule has 1 fully saturated rings. The number of nitrogens with zero attached hydrogens (tertiary/aromatic N) is 1. The Morgan fingerprint density at radius 3 is 2.88 bits per heavy atom. The van der Waals surface area contributed by atoms with Crippen LogP contribution in [-0.2, 0) is 6.42 Å². The Balaban J connectivity index is 1.95. The van der Waals surface area contributed by atoms with Crippen LogP contribution in [-0.4, -0.2) is 11.0 Å². The molecule has 1 aliphatic rings. The summed E-state index contributed by atoms with van der Waals surface area (Å²) in [5.74, 6) is 1.56. The lowest BCUT2D eigenvalue weighted by Crippen LogP contribution is -2.38. The van der Waals surface area contributed by atoms with Crippen molar-refractivity contribution < 1.29 is 0 Å². The van der Waals surface area contributed by atoms with E-state index in [1.807, 2.05) is 0 Å². The molecule has 0 aromatic carbocycles. The fourth-order valence-corrected chi connectivity index (χ4v) is 3.83. The minimum atomic E-state index is 0.307. The van der Waals surface area contributed by atoms with Gasteiger partial charge < -0.3 is 5.73 Å². The number of rotatable bonds is 4. The summed E-state index contributed by atoms with van der Waals surface area (Å²) in [5.41, 5.74) is 7.62. The summed E-state index contributed by atoms with van der Waals surface area (Å²) >= 11 is 1.73.